The smallest absolute Gasteiger partial charge is 0.303 e. The van der Waals surface area contributed by atoms with Gasteiger partial charge in [-0.1, -0.05) is 56.1 Å². The fourth-order valence-electron chi connectivity index (χ4n) is 3.02. The second-order valence-corrected chi connectivity index (χ2v) is 9.11. The summed E-state index contributed by atoms with van der Waals surface area (Å²) in [6.45, 7) is 7.65. The van der Waals surface area contributed by atoms with Crippen LogP contribution in [0.25, 0.3) is 0 Å². The Bertz CT molecular complexity index is 876. The monoisotopic (exact) mass is 502 g/mol. The van der Waals surface area contributed by atoms with Gasteiger partial charge in [-0.15, -0.1) is 11.6 Å². The molecule has 32 heavy (non-hydrogen) atoms. The molecule has 0 fully saturated rings. The number of esters is 1. The van der Waals surface area contributed by atoms with E-state index < -0.39 is 23.6 Å². The van der Waals surface area contributed by atoms with Gasteiger partial charge in [-0.05, 0) is 41.8 Å². The quantitative estimate of drug-likeness (QED) is 0.300. The first-order chi connectivity index (χ1) is 15.1. The number of ether oxygens (including phenoxy) is 3. The van der Waals surface area contributed by atoms with Gasteiger partial charge in [-0.2, -0.15) is 0 Å². The van der Waals surface area contributed by atoms with Crippen molar-refractivity contribution in [2.45, 2.75) is 51.7 Å². The number of alkyl halides is 1. The molecule has 2 aromatic rings. The van der Waals surface area contributed by atoms with E-state index in [0.717, 1.165) is 11.1 Å². The summed E-state index contributed by atoms with van der Waals surface area (Å²) < 4.78 is 16.4. The first-order valence-corrected chi connectivity index (χ1v) is 11.6. The molecular formula is C24H29Cl3O5. The zero-order valence-corrected chi connectivity index (χ0v) is 20.9. The molecular weight excluding hydrogens is 475 g/mol. The molecule has 5 nitrogen and oxygen atoms in total. The number of carbonyl (C=O) groups is 1. The van der Waals surface area contributed by atoms with Crippen molar-refractivity contribution in [1.29, 1.82) is 0 Å². The molecule has 2 aromatic carbocycles. The molecule has 0 aromatic heterocycles. The van der Waals surface area contributed by atoms with Crippen molar-refractivity contribution in [1.82, 2.24) is 0 Å². The van der Waals surface area contributed by atoms with Gasteiger partial charge in [0.2, 0.25) is 0 Å². The maximum atomic E-state index is 11.1. The summed E-state index contributed by atoms with van der Waals surface area (Å²) >= 11 is 18.8. The lowest BCUT2D eigenvalue weighted by atomic mass is 9.78. The first kappa shape index (κ1) is 26.6. The third kappa shape index (κ3) is 7.17. The molecule has 0 aliphatic heterocycles. The molecule has 8 heteroatoms. The summed E-state index contributed by atoms with van der Waals surface area (Å²) in [6, 6.07) is 11.3. The van der Waals surface area contributed by atoms with Gasteiger partial charge in [-0.25, -0.2) is 0 Å². The van der Waals surface area contributed by atoms with E-state index in [1.165, 1.54) is 6.92 Å². The molecule has 0 heterocycles. The Hall–Kier alpha value is -1.66. The first-order valence-electron chi connectivity index (χ1n) is 10.3. The predicted molar refractivity (Wildman–Crippen MR) is 129 cm³/mol. The van der Waals surface area contributed by atoms with Crippen LogP contribution in [0.4, 0.5) is 0 Å². The van der Waals surface area contributed by atoms with Crippen molar-refractivity contribution >= 4 is 40.8 Å². The summed E-state index contributed by atoms with van der Waals surface area (Å²) in [5.41, 5.74) is 1.55. The number of aliphatic hydroxyl groups excluding tert-OH is 1. The molecule has 2 rings (SSSR count). The van der Waals surface area contributed by atoms with Crippen molar-refractivity contribution in [2.24, 2.45) is 0 Å². The Labute approximate surface area is 204 Å². The van der Waals surface area contributed by atoms with E-state index in [-0.39, 0.29) is 19.1 Å². The highest BCUT2D eigenvalue weighted by Gasteiger charge is 2.26. The number of hydrogen-bond acceptors (Lipinski definition) is 5. The molecule has 0 aliphatic carbocycles. The number of carbonyl (C=O) groups excluding carboxylic acids is 1. The van der Waals surface area contributed by atoms with Gasteiger partial charge in [0.05, 0.1) is 22.0 Å². The Balaban J connectivity index is 2.17. The summed E-state index contributed by atoms with van der Waals surface area (Å²) in [5, 5.41) is 10.4. The fraction of sp³-hybridized carbons (Fsp3) is 0.458. The topological polar surface area (TPSA) is 65.0 Å². The second-order valence-electron chi connectivity index (χ2n) is 7.99. The second kappa shape index (κ2) is 12.0. The molecule has 0 unspecified atom stereocenters. The zero-order chi connectivity index (χ0) is 23.9. The lowest BCUT2D eigenvalue weighted by Crippen LogP contribution is -2.26. The third-order valence-corrected chi connectivity index (χ3v) is 6.03. The van der Waals surface area contributed by atoms with Gasteiger partial charge in [-0.3, -0.25) is 4.79 Å². The van der Waals surface area contributed by atoms with Crippen LogP contribution in [0.2, 0.25) is 10.0 Å². The molecule has 0 radical (unpaired) electrons. The van der Waals surface area contributed by atoms with Crippen LogP contribution < -0.4 is 9.47 Å². The lowest BCUT2D eigenvalue weighted by Gasteiger charge is -2.27. The summed E-state index contributed by atoms with van der Waals surface area (Å²) in [7, 11) is 0. The van der Waals surface area contributed by atoms with Crippen molar-refractivity contribution < 1.29 is 24.1 Å². The zero-order valence-electron chi connectivity index (χ0n) is 18.7. The van der Waals surface area contributed by atoms with Crippen molar-refractivity contribution in [2.75, 3.05) is 19.1 Å². The van der Waals surface area contributed by atoms with Gasteiger partial charge in [0.1, 0.15) is 25.1 Å². The average Bonchev–Trinajstić information content (AvgIpc) is 2.75. The van der Waals surface area contributed by atoms with Crippen molar-refractivity contribution in [3.05, 3.63) is 57.6 Å². The molecule has 1 N–H and O–H groups in total. The van der Waals surface area contributed by atoms with Crippen LogP contribution in [0.1, 0.15) is 45.2 Å². The van der Waals surface area contributed by atoms with E-state index in [1.807, 2.05) is 43.3 Å². The van der Waals surface area contributed by atoms with Crippen LogP contribution in [-0.2, 0) is 14.9 Å². The van der Waals surface area contributed by atoms with Gasteiger partial charge in [0.15, 0.2) is 5.75 Å². The van der Waals surface area contributed by atoms with Gasteiger partial charge < -0.3 is 19.3 Å². The molecule has 0 aliphatic rings. The van der Waals surface area contributed by atoms with Crippen LogP contribution in [0.3, 0.4) is 0 Å². The largest absolute Gasteiger partial charge is 0.491 e. The minimum Gasteiger partial charge on any atom is -0.491 e. The Kier molecular flexibility index (Phi) is 9.96. The van der Waals surface area contributed by atoms with Crippen LogP contribution >= 0.6 is 34.8 Å². The minimum absolute atomic E-state index is 0.0411. The van der Waals surface area contributed by atoms with E-state index in [4.69, 9.17) is 49.0 Å². The third-order valence-electron chi connectivity index (χ3n) is 5.13. The predicted octanol–water partition coefficient (Wildman–Crippen LogP) is 6.02. The Morgan fingerprint density at radius 2 is 1.62 bits per heavy atom. The highest BCUT2D eigenvalue weighted by Crippen LogP contribution is 2.40. The maximum Gasteiger partial charge on any atom is 0.303 e. The molecule has 0 amide bonds. The molecule has 0 saturated heterocycles. The Morgan fingerprint density at radius 3 is 2.12 bits per heavy atom. The number of benzene rings is 2. The van der Waals surface area contributed by atoms with E-state index in [9.17, 15) is 9.90 Å². The minimum atomic E-state index is -0.600. The average molecular weight is 504 g/mol. The van der Waals surface area contributed by atoms with Gasteiger partial charge in [0, 0.05) is 12.3 Å². The maximum absolute atomic E-state index is 11.1. The van der Waals surface area contributed by atoms with Crippen LogP contribution in [0.15, 0.2) is 36.4 Å². The molecule has 176 valence electrons. The molecule has 0 bridgehead atoms. The SMILES string of the molecule is CC[C@@H](O)COc1ccc(C(C)(C)c2cc(Cl)c(OC[C@H](CCl)OC(C)=O)c(Cl)c2)cc1. The van der Waals surface area contributed by atoms with Crippen LogP contribution in [-0.4, -0.2) is 42.4 Å². The lowest BCUT2D eigenvalue weighted by molar-refractivity contribution is -0.146. The van der Waals surface area contributed by atoms with E-state index in [2.05, 4.69) is 13.8 Å². The van der Waals surface area contributed by atoms with Gasteiger partial charge in [0.25, 0.3) is 0 Å². The highest BCUT2D eigenvalue weighted by atomic mass is 35.5. The van der Waals surface area contributed by atoms with E-state index >= 15 is 0 Å². The van der Waals surface area contributed by atoms with Crippen molar-refractivity contribution in [3.8, 4) is 11.5 Å². The van der Waals surface area contributed by atoms with E-state index in [1.54, 1.807) is 0 Å². The number of aliphatic hydroxyl groups is 1. The van der Waals surface area contributed by atoms with Crippen LogP contribution in [0.5, 0.6) is 11.5 Å². The number of halogens is 3. The fourth-order valence-corrected chi connectivity index (χ4v) is 3.77. The van der Waals surface area contributed by atoms with Crippen LogP contribution in [0, 0.1) is 0 Å². The molecule has 2 atom stereocenters. The molecule has 0 spiro atoms. The number of hydrogen-bond donors (Lipinski definition) is 1. The van der Waals surface area contributed by atoms with Crippen molar-refractivity contribution in [3.63, 3.8) is 0 Å². The van der Waals surface area contributed by atoms with E-state index in [0.29, 0.717) is 28.0 Å². The standard InChI is InChI=1S/C24H29Cl3O5/c1-5-18(29)13-30-19-8-6-16(7-9-19)24(3,4)17-10-21(26)23(22(27)11-17)31-14-20(12-25)32-15(2)28/h6-11,18,20,29H,5,12-14H2,1-4H3/t18-,20+/m1/s1. The normalized spacial score (nSPS) is 13.4. The number of rotatable bonds is 11. The molecule has 0 saturated carbocycles. The summed E-state index contributed by atoms with van der Waals surface area (Å²) in [5.74, 6) is 0.662. The van der Waals surface area contributed by atoms with Gasteiger partial charge >= 0.3 is 5.97 Å². The summed E-state index contributed by atoms with van der Waals surface area (Å²) in [6.07, 6.45) is -0.440. The Morgan fingerprint density at radius 1 is 1.03 bits per heavy atom. The summed E-state index contributed by atoms with van der Waals surface area (Å²) in [4.78, 5) is 11.1. The highest BCUT2D eigenvalue weighted by molar-refractivity contribution is 6.37.